The molecule has 0 spiro atoms. The summed E-state index contributed by atoms with van der Waals surface area (Å²) in [6.45, 7) is 0.916. The number of piperidine rings is 1. The normalized spacial score (nSPS) is 16.8. The molecule has 3 aromatic heterocycles. The minimum Gasteiger partial charge on any atom is -0.355 e. The smallest absolute Gasteiger partial charge is 0.355 e. The van der Waals surface area contributed by atoms with Crippen LogP contribution in [0.1, 0.15) is 18.7 Å². The first-order chi connectivity index (χ1) is 13.2. The summed E-state index contributed by atoms with van der Waals surface area (Å²) in [6.07, 6.45) is -3.63. The second-order valence-corrected chi connectivity index (χ2v) is 9.19. The van der Waals surface area contributed by atoms with Crippen LogP contribution in [0.25, 0.3) is 5.65 Å². The van der Waals surface area contributed by atoms with Crippen molar-refractivity contribution in [3.63, 3.8) is 0 Å². The first-order valence-electron chi connectivity index (χ1n) is 8.34. The van der Waals surface area contributed by atoms with Gasteiger partial charge in [0.25, 0.3) is 5.82 Å². The summed E-state index contributed by atoms with van der Waals surface area (Å²) in [5.74, 6) is -0.819. The first kappa shape index (κ1) is 19.1. The summed E-state index contributed by atoms with van der Waals surface area (Å²) < 4.78 is 67.3. The molecule has 0 bridgehead atoms. The predicted octanol–water partition coefficient (Wildman–Crippen LogP) is 2.15. The number of aromatic nitrogens is 4. The third-order valence-corrected chi connectivity index (χ3v) is 7.32. The quantitative estimate of drug-likeness (QED) is 0.679. The minimum absolute atomic E-state index is 0.00895. The van der Waals surface area contributed by atoms with E-state index in [-0.39, 0.29) is 15.9 Å². The third kappa shape index (κ3) is 3.69. The molecule has 13 heteroatoms. The van der Waals surface area contributed by atoms with Crippen LogP contribution < -0.4 is 9.62 Å². The molecule has 3 aromatic rings. The van der Waals surface area contributed by atoms with Crippen molar-refractivity contribution in [1.29, 1.82) is 0 Å². The highest BCUT2D eigenvalue weighted by molar-refractivity contribution is 7.91. The number of thiophene rings is 1. The zero-order chi connectivity index (χ0) is 19.9. The Bertz CT molecular complexity index is 1070. The number of hydrogen-bond acceptors (Lipinski definition) is 7. The number of nitrogens with one attached hydrogen (secondary N) is 1. The van der Waals surface area contributed by atoms with Crippen molar-refractivity contribution in [2.45, 2.75) is 29.3 Å². The minimum atomic E-state index is -4.65. The van der Waals surface area contributed by atoms with E-state index in [4.69, 9.17) is 0 Å². The number of alkyl halides is 3. The lowest BCUT2D eigenvalue weighted by Gasteiger charge is -2.32. The number of halogens is 3. The Morgan fingerprint density at radius 3 is 2.54 bits per heavy atom. The fourth-order valence-corrected chi connectivity index (χ4v) is 5.36. The van der Waals surface area contributed by atoms with E-state index in [9.17, 15) is 21.6 Å². The average Bonchev–Trinajstić information content (AvgIpc) is 3.31. The Morgan fingerprint density at radius 1 is 1.14 bits per heavy atom. The molecule has 0 saturated carbocycles. The van der Waals surface area contributed by atoms with Crippen molar-refractivity contribution in [3.8, 4) is 0 Å². The Morgan fingerprint density at radius 2 is 1.89 bits per heavy atom. The molecule has 0 aliphatic carbocycles. The van der Waals surface area contributed by atoms with Gasteiger partial charge in [0.1, 0.15) is 10.0 Å². The Labute approximate surface area is 162 Å². The Kier molecular flexibility index (Phi) is 4.75. The predicted molar refractivity (Wildman–Crippen MR) is 95.7 cm³/mol. The molecule has 8 nitrogen and oxygen atoms in total. The molecular formula is C15H15F3N6O2S2. The number of fused-ring (bicyclic) bond motifs is 1. The molecule has 1 N–H and O–H groups in total. The molecular weight excluding hydrogens is 417 g/mol. The fraction of sp³-hybridized carbons (Fsp3) is 0.400. The van der Waals surface area contributed by atoms with Crippen molar-refractivity contribution < 1.29 is 21.6 Å². The maximum absolute atomic E-state index is 13.0. The number of hydrogen-bond donors (Lipinski definition) is 1. The van der Waals surface area contributed by atoms with Crippen LogP contribution in [0.5, 0.6) is 0 Å². The number of sulfonamides is 1. The molecule has 150 valence electrons. The number of rotatable bonds is 4. The molecule has 1 aliphatic heterocycles. The molecule has 0 aromatic carbocycles. The van der Waals surface area contributed by atoms with Gasteiger partial charge >= 0.3 is 6.18 Å². The number of nitrogens with zero attached hydrogens (tertiary/aromatic N) is 5. The van der Waals surface area contributed by atoms with Crippen molar-refractivity contribution in [2.24, 2.45) is 0 Å². The summed E-state index contributed by atoms with van der Waals surface area (Å²) in [5, 5.41) is 12.4. The van der Waals surface area contributed by atoms with E-state index in [2.05, 4.69) is 20.0 Å². The van der Waals surface area contributed by atoms with Gasteiger partial charge in [-0.1, -0.05) is 6.07 Å². The molecule has 4 heterocycles. The zero-order valence-electron chi connectivity index (χ0n) is 14.3. The topological polar surface area (TPSA) is 92.5 Å². The molecule has 0 amide bonds. The van der Waals surface area contributed by atoms with Gasteiger partial charge in [0.2, 0.25) is 10.0 Å². The van der Waals surface area contributed by atoms with Gasteiger partial charge in [0.05, 0.1) is 0 Å². The van der Waals surface area contributed by atoms with Crippen LogP contribution in [-0.4, -0.2) is 47.4 Å². The van der Waals surface area contributed by atoms with E-state index >= 15 is 0 Å². The van der Waals surface area contributed by atoms with Crippen LogP contribution in [0.2, 0.25) is 0 Å². The van der Waals surface area contributed by atoms with Gasteiger partial charge in [-0.05, 0) is 36.4 Å². The van der Waals surface area contributed by atoms with Crippen LogP contribution in [0.15, 0.2) is 33.9 Å². The van der Waals surface area contributed by atoms with E-state index in [0.29, 0.717) is 36.3 Å². The fourth-order valence-electron chi connectivity index (χ4n) is 3.04. The van der Waals surface area contributed by atoms with E-state index in [1.165, 1.54) is 6.07 Å². The van der Waals surface area contributed by atoms with Crippen LogP contribution in [-0.2, 0) is 16.2 Å². The highest BCUT2D eigenvalue weighted by atomic mass is 32.2. The maximum Gasteiger partial charge on any atom is 0.453 e. The summed E-state index contributed by atoms with van der Waals surface area (Å²) in [5.41, 5.74) is 0.00895. The van der Waals surface area contributed by atoms with Crippen molar-refractivity contribution in [3.05, 3.63) is 35.5 Å². The van der Waals surface area contributed by atoms with Gasteiger partial charge in [-0.2, -0.15) is 17.7 Å². The molecule has 0 unspecified atom stereocenters. The standard InChI is InChI=1S/C15H15F3N6O2S2/c16-15(17,18)14-20-19-11-3-4-12(21-24(11)14)23-7-5-10(6-8-23)22-28(25,26)13-2-1-9-27-13/h1-4,9-10,22H,5-8H2. The summed E-state index contributed by atoms with van der Waals surface area (Å²) >= 11 is 1.14. The average molecular weight is 432 g/mol. The Hall–Kier alpha value is -2.25. The van der Waals surface area contributed by atoms with Gasteiger partial charge < -0.3 is 4.90 Å². The largest absolute Gasteiger partial charge is 0.453 e. The first-order valence-corrected chi connectivity index (χ1v) is 10.7. The highest BCUT2D eigenvalue weighted by Gasteiger charge is 2.38. The van der Waals surface area contributed by atoms with Crippen LogP contribution in [0.4, 0.5) is 19.0 Å². The lowest BCUT2D eigenvalue weighted by atomic mass is 10.1. The highest BCUT2D eigenvalue weighted by Crippen LogP contribution is 2.28. The summed E-state index contributed by atoms with van der Waals surface area (Å²) in [4.78, 5) is 1.82. The van der Waals surface area contributed by atoms with Gasteiger partial charge in [-0.25, -0.2) is 13.1 Å². The SMILES string of the molecule is O=S(=O)(NC1CCN(c2ccc3nnc(C(F)(F)F)n3n2)CC1)c1cccs1. The monoisotopic (exact) mass is 432 g/mol. The molecule has 0 atom stereocenters. The zero-order valence-corrected chi connectivity index (χ0v) is 15.9. The van der Waals surface area contributed by atoms with Gasteiger partial charge in [-0.15, -0.1) is 26.6 Å². The lowest BCUT2D eigenvalue weighted by Crippen LogP contribution is -2.44. The van der Waals surface area contributed by atoms with E-state index < -0.39 is 22.0 Å². The van der Waals surface area contributed by atoms with Crippen molar-refractivity contribution >= 4 is 32.8 Å². The van der Waals surface area contributed by atoms with Gasteiger partial charge in [0.15, 0.2) is 5.65 Å². The summed E-state index contributed by atoms with van der Waals surface area (Å²) in [6, 6.07) is 5.98. The van der Waals surface area contributed by atoms with E-state index in [0.717, 1.165) is 11.3 Å². The number of anilines is 1. The van der Waals surface area contributed by atoms with E-state index in [1.807, 2.05) is 4.90 Å². The second-order valence-electron chi connectivity index (χ2n) is 6.30. The van der Waals surface area contributed by atoms with Gasteiger partial charge in [-0.3, -0.25) is 0 Å². The van der Waals surface area contributed by atoms with Gasteiger partial charge in [0, 0.05) is 19.1 Å². The van der Waals surface area contributed by atoms with Crippen molar-refractivity contribution in [2.75, 3.05) is 18.0 Å². The lowest BCUT2D eigenvalue weighted by molar-refractivity contribution is -0.146. The van der Waals surface area contributed by atoms with Crippen molar-refractivity contribution in [1.82, 2.24) is 24.5 Å². The van der Waals surface area contributed by atoms with Crippen LogP contribution >= 0.6 is 11.3 Å². The van der Waals surface area contributed by atoms with Crippen LogP contribution in [0.3, 0.4) is 0 Å². The molecule has 28 heavy (non-hydrogen) atoms. The molecule has 4 rings (SSSR count). The molecule has 1 fully saturated rings. The molecule has 1 saturated heterocycles. The molecule has 0 radical (unpaired) electrons. The second kappa shape index (κ2) is 6.97. The third-order valence-electron chi connectivity index (χ3n) is 4.40. The Balaban J connectivity index is 1.47. The summed E-state index contributed by atoms with van der Waals surface area (Å²) in [7, 11) is -3.55. The maximum atomic E-state index is 13.0. The molecule has 1 aliphatic rings. The van der Waals surface area contributed by atoms with Crippen LogP contribution in [0, 0.1) is 0 Å². The van der Waals surface area contributed by atoms with E-state index in [1.54, 1.807) is 23.6 Å².